The quantitative estimate of drug-likeness (QED) is 0.697. The molecule has 1 fully saturated rings. The van der Waals surface area contributed by atoms with Gasteiger partial charge in [-0.05, 0) is 24.3 Å². The third-order valence-corrected chi connectivity index (χ3v) is 6.14. The SMILES string of the molecule is O=C([C@H]1COCCO1)N1CCOc2c(O)cc(-c3nc4ccccc4s3)cc2C1. The average Bonchev–Trinajstić information content (AvgIpc) is 3.07. The van der Waals surface area contributed by atoms with Crippen molar-refractivity contribution in [3.8, 4) is 22.1 Å². The van der Waals surface area contributed by atoms with Crippen molar-refractivity contribution < 1.29 is 24.1 Å². The van der Waals surface area contributed by atoms with Crippen molar-refractivity contribution in [2.75, 3.05) is 33.0 Å². The smallest absolute Gasteiger partial charge is 0.254 e. The summed E-state index contributed by atoms with van der Waals surface area (Å²) in [6.07, 6.45) is -0.591. The van der Waals surface area contributed by atoms with Crippen molar-refractivity contribution >= 4 is 27.5 Å². The monoisotopic (exact) mass is 412 g/mol. The number of carbonyl (C=O) groups is 1. The van der Waals surface area contributed by atoms with Crippen LogP contribution in [0.3, 0.4) is 0 Å². The van der Waals surface area contributed by atoms with Crippen molar-refractivity contribution in [1.29, 1.82) is 0 Å². The summed E-state index contributed by atoms with van der Waals surface area (Å²) in [5.41, 5.74) is 2.48. The van der Waals surface area contributed by atoms with E-state index in [0.29, 0.717) is 38.7 Å². The summed E-state index contributed by atoms with van der Waals surface area (Å²) in [6, 6.07) is 11.5. The Bertz CT molecular complexity index is 1030. The van der Waals surface area contributed by atoms with Gasteiger partial charge in [0.2, 0.25) is 0 Å². The highest BCUT2D eigenvalue weighted by Gasteiger charge is 2.30. The summed E-state index contributed by atoms with van der Waals surface area (Å²) in [4.78, 5) is 19.2. The van der Waals surface area contributed by atoms with Gasteiger partial charge >= 0.3 is 0 Å². The molecule has 0 bridgehead atoms. The standard InChI is InChI=1S/C21H20N2O5S/c24-16-10-13(20-22-15-3-1-2-4-18(15)29-20)9-14-11-23(5-6-28-19(14)16)21(25)17-12-26-7-8-27-17/h1-4,9-10,17,24H,5-8,11-12H2/t17-/m1/s1. The topological polar surface area (TPSA) is 81.1 Å². The third-order valence-electron chi connectivity index (χ3n) is 5.06. The van der Waals surface area contributed by atoms with Gasteiger partial charge in [0.25, 0.3) is 5.91 Å². The van der Waals surface area contributed by atoms with Gasteiger partial charge in [-0.15, -0.1) is 11.3 Å². The maximum absolute atomic E-state index is 12.9. The number of fused-ring (bicyclic) bond motifs is 2. The molecule has 1 atom stereocenters. The molecule has 0 saturated carbocycles. The number of aromatic hydroxyl groups is 1. The molecule has 2 aliphatic heterocycles. The number of hydrogen-bond acceptors (Lipinski definition) is 7. The van der Waals surface area contributed by atoms with Gasteiger partial charge in [-0.1, -0.05) is 12.1 Å². The predicted molar refractivity (Wildman–Crippen MR) is 108 cm³/mol. The van der Waals surface area contributed by atoms with E-state index >= 15 is 0 Å². The van der Waals surface area contributed by atoms with E-state index in [9.17, 15) is 9.90 Å². The second-order valence-electron chi connectivity index (χ2n) is 7.01. The van der Waals surface area contributed by atoms with Crippen LogP contribution in [0, 0.1) is 0 Å². The van der Waals surface area contributed by atoms with E-state index in [4.69, 9.17) is 14.2 Å². The van der Waals surface area contributed by atoms with Crippen LogP contribution in [0.2, 0.25) is 0 Å². The summed E-state index contributed by atoms with van der Waals surface area (Å²) >= 11 is 1.56. The molecule has 1 N–H and O–H groups in total. The van der Waals surface area contributed by atoms with Gasteiger partial charge in [-0.3, -0.25) is 4.79 Å². The van der Waals surface area contributed by atoms with Crippen molar-refractivity contribution in [1.82, 2.24) is 9.88 Å². The lowest BCUT2D eigenvalue weighted by Gasteiger charge is -2.28. The molecule has 0 aliphatic carbocycles. The first kappa shape index (κ1) is 18.4. The number of phenols is 1. The Morgan fingerprint density at radius 3 is 2.93 bits per heavy atom. The van der Waals surface area contributed by atoms with E-state index < -0.39 is 6.10 Å². The van der Waals surface area contributed by atoms with E-state index in [-0.39, 0.29) is 18.3 Å². The van der Waals surface area contributed by atoms with Gasteiger partial charge < -0.3 is 24.2 Å². The molecule has 1 aromatic heterocycles. The molecule has 1 saturated heterocycles. The summed E-state index contributed by atoms with van der Waals surface area (Å²) in [6.45, 7) is 2.25. The molecule has 0 unspecified atom stereocenters. The second kappa shape index (κ2) is 7.62. The molecule has 8 heteroatoms. The number of para-hydroxylation sites is 1. The predicted octanol–water partition coefficient (Wildman–Crippen LogP) is 2.81. The number of rotatable bonds is 2. The molecule has 150 valence electrons. The van der Waals surface area contributed by atoms with Gasteiger partial charge in [-0.25, -0.2) is 4.98 Å². The fourth-order valence-corrected chi connectivity index (χ4v) is 4.59. The van der Waals surface area contributed by atoms with Crippen LogP contribution in [0.25, 0.3) is 20.8 Å². The number of amides is 1. The molecule has 5 rings (SSSR count). The third kappa shape index (κ3) is 3.55. The molecule has 3 heterocycles. The molecule has 29 heavy (non-hydrogen) atoms. The lowest BCUT2D eigenvalue weighted by molar-refractivity contribution is -0.158. The summed E-state index contributed by atoms with van der Waals surface area (Å²) in [5.74, 6) is 0.361. The van der Waals surface area contributed by atoms with E-state index in [0.717, 1.165) is 26.4 Å². The number of nitrogens with zero attached hydrogens (tertiary/aromatic N) is 2. The van der Waals surface area contributed by atoms with E-state index in [2.05, 4.69) is 4.98 Å². The first-order chi connectivity index (χ1) is 14.2. The van der Waals surface area contributed by atoms with Crippen molar-refractivity contribution in [2.45, 2.75) is 12.6 Å². The minimum Gasteiger partial charge on any atom is -0.504 e. The lowest BCUT2D eigenvalue weighted by atomic mass is 10.1. The van der Waals surface area contributed by atoms with E-state index in [1.165, 1.54) is 0 Å². The molecule has 3 aromatic rings. The zero-order valence-corrected chi connectivity index (χ0v) is 16.5. The number of benzene rings is 2. The molecule has 0 radical (unpaired) electrons. The molecule has 1 amide bonds. The van der Waals surface area contributed by atoms with Crippen LogP contribution in [-0.2, 0) is 20.8 Å². The summed E-state index contributed by atoms with van der Waals surface area (Å²) < 4.78 is 17.8. The highest BCUT2D eigenvalue weighted by molar-refractivity contribution is 7.21. The zero-order chi connectivity index (χ0) is 19.8. The first-order valence-corrected chi connectivity index (χ1v) is 10.3. The second-order valence-corrected chi connectivity index (χ2v) is 8.04. The lowest BCUT2D eigenvalue weighted by Crippen LogP contribution is -2.45. The van der Waals surface area contributed by atoms with Crippen LogP contribution in [0.4, 0.5) is 0 Å². The van der Waals surface area contributed by atoms with Gasteiger partial charge in [0.15, 0.2) is 17.6 Å². The summed E-state index contributed by atoms with van der Waals surface area (Å²) in [7, 11) is 0. The van der Waals surface area contributed by atoms with Crippen LogP contribution in [0.15, 0.2) is 36.4 Å². The maximum atomic E-state index is 12.9. The highest BCUT2D eigenvalue weighted by Crippen LogP contribution is 2.39. The van der Waals surface area contributed by atoms with Gasteiger partial charge in [0.05, 0.1) is 36.6 Å². The number of thiazole rings is 1. The Labute approximate surface area is 171 Å². The number of phenolic OH excluding ortho intramolecular Hbond substituents is 1. The molecular weight excluding hydrogens is 392 g/mol. The molecular formula is C21H20N2O5S. The Morgan fingerprint density at radius 1 is 1.21 bits per heavy atom. The minimum atomic E-state index is -0.591. The molecule has 0 spiro atoms. The van der Waals surface area contributed by atoms with Gasteiger partial charge in [0, 0.05) is 17.7 Å². The van der Waals surface area contributed by atoms with Gasteiger partial charge in [-0.2, -0.15) is 0 Å². The zero-order valence-electron chi connectivity index (χ0n) is 15.7. The molecule has 7 nitrogen and oxygen atoms in total. The Balaban J connectivity index is 1.47. The average molecular weight is 412 g/mol. The van der Waals surface area contributed by atoms with Crippen LogP contribution < -0.4 is 4.74 Å². The maximum Gasteiger partial charge on any atom is 0.254 e. The van der Waals surface area contributed by atoms with Crippen LogP contribution in [0.5, 0.6) is 11.5 Å². The van der Waals surface area contributed by atoms with Crippen molar-refractivity contribution in [2.24, 2.45) is 0 Å². The number of carbonyl (C=O) groups excluding carboxylic acids is 1. The highest BCUT2D eigenvalue weighted by atomic mass is 32.1. The molecule has 2 aliphatic rings. The van der Waals surface area contributed by atoms with Crippen LogP contribution >= 0.6 is 11.3 Å². The minimum absolute atomic E-state index is 0.0586. The fourth-order valence-electron chi connectivity index (χ4n) is 3.64. The van der Waals surface area contributed by atoms with Crippen molar-refractivity contribution in [3.05, 3.63) is 42.0 Å². The van der Waals surface area contributed by atoms with Crippen LogP contribution in [-0.4, -0.2) is 60.0 Å². The van der Waals surface area contributed by atoms with Crippen LogP contribution in [0.1, 0.15) is 5.56 Å². The number of hydrogen-bond donors (Lipinski definition) is 1. The first-order valence-electron chi connectivity index (χ1n) is 9.52. The van der Waals surface area contributed by atoms with Gasteiger partial charge in [0.1, 0.15) is 11.6 Å². The largest absolute Gasteiger partial charge is 0.504 e. The summed E-state index contributed by atoms with van der Waals surface area (Å²) in [5, 5.41) is 11.4. The van der Waals surface area contributed by atoms with E-state index in [1.54, 1.807) is 22.3 Å². The number of aromatic nitrogens is 1. The van der Waals surface area contributed by atoms with E-state index in [1.807, 2.05) is 30.3 Å². The molecule has 2 aromatic carbocycles. The Hall–Kier alpha value is -2.68. The fraction of sp³-hybridized carbons (Fsp3) is 0.333. The number of ether oxygens (including phenoxy) is 3. The normalized spacial score (nSPS) is 19.4. The van der Waals surface area contributed by atoms with Crippen molar-refractivity contribution in [3.63, 3.8) is 0 Å². The Kier molecular flexibility index (Phi) is 4.83. The Morgan fingerprint density at radius 2 is 2.10 bits per heavy atom.